The number of aliphatic hydroxyl groups excluding tert-OH is 1. The maximum Gasteiger partial charge on any atom is 0.0490 e. The van der Waals surface area contributed by atoms with Gasteiger partial charge in [0.15, 0.2) is 0 Å². The Kier molecular flexibility index (Phi) is 1.63. The van der Waals surface area contributed by atoms with Crippen molar-refractivity contribution >= 4 is 0 Å². The van der Waals surface area contributed by atoms with Crippen LogP contribution in [-0.2, 0) is 0 Å². The van der Waals surface area contributed by atoms with Gasteiger partial charge in [-0.15, -0.1) is 6.58 Å². The van der Waals surface area contributed by atoms with Crippen LogP contribution in [0.15, 0.2) is 12.7 Å². The monoisotopic (exact) mass is 140 g/mol. The Bertz CT molecular complexity index is 153. The van der Waals surface area contributed by atoms with Gasteiger partial charge in [0.05, 0.1) is 0 Å². The molecule has 2 atom stereocenters. The van der Waals surface area contributed by atoms with Gasteiger partial charge < -0.3 is 5.11 Å². The summed E-state index contributed by atoms with van der Waals surface area (Å²) in [7, 11) is 0. The van der Waals surface area contributed by atoms with Crippen LogP contribution in [-0.4, -0.2) is 11.7 Å². The molecule has 10 heavy (non-hydrogen) atoms. The second-order valence-corrected chi connectivity index (χ2v) is 3.95. The van der Waals surface area contributed by atoms with Gasteiger partial charge in [0.2, 0.25) is 0 Å². The second kappa shape index (κ2) is 2.09. The standard InChI is InChI=1S/C9H16O/c1-4-5-8(2)6-9(8,3)7-10/h4,10H,1,5-7H2,2-3H3/t8-,9-/m0/s1. The van der Waals surface area contributed by atoms with E-state index in [9.17, 15) is 0 Å². The van der Waals surface area contributed by atoms with E-state index in [0.29, 0.717) is 12.0 Å². The van der Waals surface area contributed by atoms with E-state index in [0.717, 1.165) is 12.8 Å². The lowest BCUT2D eigenvalue weighted by atomic mass is 9.94. The first-order valence-corrected chi connectivity index (χ1v) is 3.80. The molecule has 0 saturated heterocycles. The van der Waals surface area contributed by atoms with Crippen LogP contribution in [0.1, 0.15) is 26.7 Å². The van der Waals surface area contributed by atoms with Gasteiger partial charge in [-0.1, -0.05) is 19.9 Å². The average molecular weight is 140 g/mol. The topological polar surface area (TPSA) is 20.2 Å². The maximum absolute atomic E-state index is 8.99. The van der Waals surface area contributed by atoms with E-state index in [1.807, 2.05) is 6.08 Å². The zero-order valence-electron chi connectivity index (χ0n) is 6.85. The molecular weight excluding hydrogens is 124 g/mol. The molecule has 0 heterocycles. The van der Waals surface area contributed by atoms with Crippen LogP contribution in [0.2, 0.25) is 0 Å². The number of aliphatic hydroxyl groups is 1. The lowest BCUT2D eigenvalue weighted by Gasteiger charge is -2.13. The summed E-state index contributed by atoms with van der Waals surface area (Å²) >= 11 is 0. The molecule has 1 aliphatic rings. The van der Waals surface area contributed by atoms with E-state index >= 15 is 0 Å². The number of hydrogen-bond donors (Lipinski definition) is 1. The summed E-state index contributed by atoms with van der Waals surface area (Å²) in [5, 5.41) is 8.99. The molecule has 1 nitrogen and oxygen atoms in total. The molecule has 0 aromatic heterocycles. The van der Waals surface area contributed by atoms with E-state index in [-0.39, 0.29) is 5.41 Å². The van der Waals surface area contributed by atoms with Crippen molar-refractivity contribution in [1.82, 2.24) is 0 Å². The third kappa shape index (κ3) is 0.891. The number of hydrogen-bond acceptors (Lipinski definition) is 1. The van der Waals surface area contributed by atoms with Crippen molar-refractivity contribution in [2.75, 3.05) is 6.61 Å². The summed E-state index contributed by atoms with van der Waals surface area (Å²) in [5.74, 6) is 0. The van der Waals surface area contributed by atoms with Gasteiger partial charge >= 0.3 is 0 Å². The second-order valence-electron chi connectivity index (χ2n) is 3.95. The van der Waals surface area contributed by atoms with Crippen LogP contribution in [0.5, 0.6) is 0 Å². The molecule has 0 aliphatic heterocycles. The molecule has 1 N–H and O–H groups in total. The molecule has 58 valence electrons. The van der Waals surface area contributed by atoms with Gasteiger partial charge in [0.25, 0.3) is 0 Å². The van der Waals surface area contributed by atoms with Crippen molar-refractivity contribution in [3.8, 4) is 0 Å². The summed E-state index contributed by atoms with van der Waals surface area (Å²) in [6.45, 7) is 8.37. The lowest BCUT2D eigenvalue weighted by molar-refractivity contribution is 0.190. The molecule has 1 aliphatic carbocycles. The maximum atomic E-state index is 8.99. The van der Waals surface area contributed by atoms with E-state index in [2.05, 4.69) is 20.4 Å². The van der Waals surface area contributed by atoms with E-state index in [1.165, 1.54) is 0 Å². The highest BCUT2D eigenvalue weighted by Crippen LogP contribution is 2.65. The van der Waals surface area contributed by atoms with Gasteiger partial charge in [0.1, 0.15) is 0 Å². The zero-order chi connectivity index (χ0) is 7.83. The first kappa shape index (κ1) is 7.80. The summed E-state index contributed by atoms with van der Waals surface area (Å²) in [5.41, 5.74) is 0.519. The molecule has 0 amide bonds. The predicted molar refractivity (Wildman–Crippen MR) is 42.7 cm³/mol. The Morgan fingerprint density at radius 2 is 2.10 bits per heavy atom. The highest BCUT2D eigenvalue weighted by Gasteiger charge is 2.59. The molecule has 0 spiro atoms. The highest BCUT2D eigenvalue weighted by molar-refractivity contribution is 5.10. The predicted octanol–water partition coefficient (Wildman–Crippen LogP) is 1.97. The van der Waals surface area contributed by atoms with Crippen molar-refractivity contribution in [2.24, 2.45) is 10.8 Å². The summed E-state index contributed by atoms with van der Waals surface area (Å²) < 4.78 is 0. The van der Waals surface area contributed by atoms with Gasteiger partial charge in [-0.05, 0) is 23.7 Å². The molecule has 0 bridgehead atoms. The Hall–Kier alpha value is -0.300. The molecule has 0 aromatic carbocycles. The minimum absolute atomic E-state index is 0.182. The lowest BCUT2D eigenvalue weighted by Crippen LogP contribution is -2.10. The largest absolute Gasteiger partial charge is 0.396 e. The molecule has 1 heteroatoms. The smallest absolute Gasteiger partial charge is 0.0490 e. The van der Waals surface area contributed by atoms with Gasteiger partial charge in [-0.3, -0.25) is 0 Å². The Labute approximate surface area is 62.8 Å². The van der Waals surface area contributed by atoms with Crippen molar-refractivity contribution < 1.29 is 5.11 Å². The first-order valence-electron chi connectivity index (χ1n) is 3.80. The average Bonchev–Trinajstić information content (AvgIpc) is 2.38. The molecule has 0 radical (unpaired) electrons. The minimum Gasteiger partial charge on any atom is -0.396 e. The van der Waals surface area contributed by atoms with Crippen LogP contribution in [0.3, 0.4) is 0 Å². The van der Waals surface area contributed by atoms with Crippen LogP contribution in [0, 0.1) is 10.8 Å². The summed E-state index contributed by atoms with van der Waals surface area (Å²) in [4.78, 5) is 0. The SMILES string of the molecule is C=CC[C@@]1(C)C[C@@]1(C)CO. The summed E-state index contributed by atoms with van der Waals surface area (Å²) in [6.07, 6.45) is 4.12. The Morgan fingerprint density at radius 1 is 1.50 bits per heavy atom. The normalized spacial score (nSPS) is 45.1. The van der Waals surface area contributed by atoms with Crippen molar-refractivity contribution in [3.05, 3.63) is 12.7 Å². The fraction of sp³-hybridized carbons (Fsp3) is 0.778. The fourth-order valence-electron chi connectivity index (χ4n) is 1.70. The number of rotatable bonds is 3. The van der Waals surface area contributed by atoms with Gasteiger partial charge in [-0.25, -0.2) is 0 Å². The molecule has 1 rings (SSSR count). The van der Waals surface area contributed by atoms with Gasteiger partial charge in [0, 0.05) is 6.61 Å². The summed E-state index contributed by atoms with van der Waals surface area (Å²) in [6, 6.07) is 0. The first-order chi connectivity index (χ1) is 4.58. The Balaban J connectivity index is 2.53. The van der Waals surface area contributed by atoms with E-state index < -0.39 is 0 Å². The van der Waals surface area contributed by atoms with E-state index in [4.69, 9.17) is 5.11 Å². The minimum atomic E-state index is 0.182. The third-order valence-electron chi connectivity index (χ3n) is 3.06. The van der Waals surface area contributed by atoms with Crippen molar-refractivity contribution in [2.45, 2.75) is 26.7 Å². The fourth-order valence-corrected chi connectivity index (χ4v) is 1.70. The molecule has 0 unspecified atom stereocenters. The zero-order valence-corrected chi connectivity index (χ0v) is 6.85. The van der Waals surface area contributed by atoms with Crippen molar-refractivity contribution in [1.29, 1.82) is 0 Å². The third-order valence-corrected chi connectivity index (χ3v) is 3.06. The molecular formula is C9H16O. The van der Waals surface area contributed by atoms with Crippen LogP contribution < -0.4 is 0 Å². The van der Waals surface area contributed by atoms with Crippen LogP contribution in [0.25, 0.3) is 0 Å². The van der Waals surface area contributed by atoms with E-state index in [1.54, 1.807) is 0 Å². The van der Waals surface area contributed by atoms with Crippen LogP contribution >= 0.6 is 0 Å². The molecule has 1 fully saturated rings. The highest BCUT2D eigenvalue weighted by atomic mass is 16.3. The quantitative estimate of drug-likeness (QED) is 0.594. The van der Waals surface area contributed by atoms with Gasteiger partial charge in [-0.2, -0.15) is 0 Å². The molecule has 0 aromatic rings. The molecule has 1 saturated carbocycles. The van der Waals surface area contributed by atoms with Crippen molar-refractivity contribution in [3.63, 3.8) is 0 Å². The number of allylic oxidation sites excluding steroid dienone is 1. The Morgan fingerprint density at radius 3 is 2.40 bits per heavy atom. The van der Waals surface area contributed by atoms with Crippen LogP contribution in [0.4, 0.5) is 0 Å².